The van der Waals surface area contributed by atoms with Gasteiger partial charge in [-0.2, -0.15) is 11.8 Å². The molecule has 0 radical (unpaired) electrons. The van der Waals surface area contributed by atoms with Gasteiger partial charge in [0.2, 0.25) is 0 Å². The second-order valence-corrected chi connectivity index (χ2v) is 5.51. The van der Waals surface area contributed by atoms with E-state index < -0.39 is 0 Å². The second kappa shape index (κ2) is 7.41. The van der Waals surface area contributed by atoms with Crippen LogP contribution >= 0.6 is 11.8 Å². The van der Waals surface area contributed by atoms with Crippen LogP contribution in [0.15, 0.2) is 40.8 Å². The highest BCUT2D eigenvalue weighted by Gasteiger charge is 2.11. The lowest BCUT2D eigenvalue weighted by molar-refractivity contribution is 0.396. The number of para-hydroxylation sites is 1. The summed E-state index contributed by atoms with van der Waals surface area (Å²) in [6, 6.07) is 12.4. The minimum Gasteiger partial charge on any atom is -0.496 e. The van der Waals surface area contributed by atoms with Gasteiger partial charge in [-0.15, -0.1) is 0 Å². The van der Waals surface area contributed by atoms with Crippen molar-refractivity contribution in [2.45, 2.75) is 25.3 Å². The Morgan fingerprint density at radius 3 is 2.70 bits per heavy atom. The summed E-state index contributed by atoms with van der Waals surface area (Å²) in [6.45, 7) is 2.84. The summed E-state index contributed by atoms with van der Waals surface area (Å²) in [4.78, 5) is 0. The zero-order valence-electron chi connectivity index (χ0n) is 12.2. The van der Waals surface area contributed by atoms with Crippen molar-refractivity contribution in [3.63, 3.8) is 0 Å². The fourth-order valence-corrected chi connectivity index (χ4v) is 2.56. The third-order valence-electron chi connectivity index (χ3n) is 3.19. The van der Waals surface area contributed by atoms with E-state index in [1.165, 1.54) is 0 Å². The molecule has 0 spiro atoms. The van der Waals surface area contributed by atoms with Crippen molar-refractivity contribution in [1.29, 1.82) is 0 Å². The van der Waals surface area contributed by atoms with E-state index in [0.717, 1.165) is 28.6 Å². The van der Waals surface area contributed by atoms with Gasteiger partial charge >= 0.3 is 0 Å². The summed E-state index contributed by atoms with van der Waals surface area (Å²) < 4.78 is 11.1. The molecule has 1 aromatic carbocycles. The highest BCUT2D eigenvalue weighted by Crippen LogP contribution is 2.24. The van der Waals surface area contributed by atoms with Crippen LogP contribution in [0, 0.1) is 0 Å². The molecule has 108 valence electrons. The molecule has 0 saturated carbocycles. The van der Waals surface area contributed by atoms with Gasteiger partial charge in [0.25, 0.3) is 0 Å². The monoisotopic (exact) mass is 291 g/mol. The normalized spacial score (nSPS) is 12.3. The standard InChI is InChI=1S/C16H21NO2S/c1-12(15-6-4-5-7-16(15)18-2)17-10-13-8-9-14(19-13)11-20-3/h4-9,12,17H,10-11H2,1-3H3. The average molecular weight is 291 g/mol. The number of hydrogen-bond acceptors (Lipinski definition) is 4. The maximum Gasteiger partial charge on any atom is 0.123 e. The molecule has 0 bridgehead atoms. The fourth-order valence-electron chi connectivity index (χ4n) is 2.12. The molecular weight excluding hydrogens is 270 g/mol. The minimum atomic E-state index is 0.209. The second-order valence-electron chi connectivity index (χ2n) is 4.65. The SMILES string of the molecule is COc1ccccc1C(C)NCc1ccc(CSC)o1. The van der Waals surface area contributed by atoms with Gasteiger partial charge in [-0.25, -0.2) is 0 Å². The van der Waals surface area contributed by atoms with Crippen LogP contribution in [0.25, 0.3) is 0 Å². The summed E-state index contributed by atoms with van der Waals surface area (Å²) >= 11 is 1.76. The molecule has 4 heteroatoms. The van der Waals surface area contributed by atoms with Crippen molar-refractivity contribution in [2.75, 3.05) is 13.4 Å². The van der Waals surface area contributed by atoms with Gasteiger partial charge in [-0.1, -0.05) is 18.2 Å². The molecule has 0 amide bonds. The van der Waals surface area contributed by atoms with E-state index in [0.29, 0.717) is 6.54 Å². The van der Waals surface area contributed by atoms with Crippen molar-refractivity contribution in [1.82, 2.24) is 5.32 Å². The van der Waals surface area contributed by atoms with E-state index >= 15 is 0 Å². The molecule has 1 atom stereocenters. The average Bonchev–Trinajstić information content (AvgIpc) is 2.93. The first-order valence-corrected chi connectivity index (χ1v) is 8.06. The molecule has 0 aliphatic rings. The lowest BCUT2D eigenvalue weighted by Crippen LogP contribution is -2.18. The molecule has 0 aliphatic heterocycles. The Labute approximate surface area is 124 Å². The molecule has 0 fully saturated rings. The van der Waals surface area contributed by atoms with Crippen LogP contribution in [0.3, 0.4) is 0 Å². The Hall–Kier alpha value is -1.39. The summed E-state index contributed by atoms with van der Waals surface area (Å²) in [7, 11) is 1.70. The van der Waals surface area contributed by atoms with E-state index in [9.17, 15) is 0 Å². The number of ether oxygens (including phenoxy) is 1. The Kier molecular flexibility index (Phi) is 5.56. The maximum atomic E-state index is 5.75. The van der Waals surface area contributed by atoms with Crippen LogP contribution in [0.5, 0.6) is 5.75 Å². The van der Waals surface area contributed by atoms with Crippen LogP contribution in [-0.4, -0.2) is 13.4 Å². The van der Waals surface area contributed by atoms with Crippen molar-refractivity contribution in [3.8, 4) is 5.75 Å². The number of benzene rings is 1. The summed E-state index contributed by atoms with van der Waals surface area (Å²) in [5, 5.41) is 3.46. The summed E-state index contributed by atoms with van der Waals surface area (Å²) in [5.74, 6) is 3.83. The molecule has 3 nitrogen and oxygen atoms in total. The number of furan rings is 1. The molecule has 0 aliphatic carbocycles. The number of hydrogen-bond donors (Lipinski definition) is 1. The van der Waals surface area contributed by atoms with Crippen LogP contribution in [-0.2, 0) is 12.3 Å². The highest BCUT2D eigenvalue weighted by atomic mass is 32.2. The molecule has 0 saturated heterocycles. The van der Waals surface area contributed by atoms with Crippen LogP contribution < -0.4 is 10.1 Å². The predicted molar refractivity (Wildman–Crippen MR) is 84.2 cm³/mol. The van der Waals surface area contributed by atoms with Gasteiger partial charge < -0.3 is 14.5 Å². The first-order chi connectivity index (χ1) is 9.74. The molecule has 20 heavy (non-hydrogen) atoms. The molecule has 2 rings (SSSR count). The number of rotatable bonds is 7. The van der Waals surface area contributed by atoms with Gasteiger partial charge in [0.1, 0.15) is 17.3 Å². The van der Waals surface area contributed by atoms with Gasteiger partial charge in [0.05, 0.1) is 19.4 Å². The highest BCUT2D eigenvalue weighted by molar-refractivity contribution is 7.97. The Bertz CT molecular complexity index is 539. The third kappa shape index (κ3) is 3.81. The van der Waals surface area contributed by atoms with Gasteiger partial charge in [0.15, 0.2) is 0 Å². The number of thioether (sulfide) groups is 1. The molecule has 1 aromatic heterocycles. The van der Waals surface area contributed by atoms with Crippen molar-refractivity contribution in [3.05, 3.63) is 53.5 Å². The molecule has 1 unspecified atom stereocenters. The van der Waals surface area contributed by atoms with Crippen molar-refractivity contribution >= 4 is 11.8 Å². The topological polar surface area (TPSA) is 34.4 Å². The number of nitrogens with one attached hydrogen (secondary N) is 1. The Morgan fingerprint density at radius 1 is 1.20 bits per heavy atom. The van der Waals surface area contributed by atoms with Crippen molar-refractivity contribution in [2.24, 2.45) is 0 Å². The summed E-state index contributed by atoms with van der Waals surface area (Å²) in [6.07, 6.45) is 2.07. The quantitative estimate of drug-likeness (QED) is 0.836. The van der Waals surface area contributed by atoms with Crippen LogP contribution in [0.2, 0.25) is 0 Å². The maximum absolute atomic E-state index is 5.75. The first-order valence-electron chi connectivity index (χ1n) is 6.67. The first kappa shape index (κ1) is 15.0. The van der Waals surface area contributed by atoms with Crippen LogP contribution in [0.1, 0.15) is 30.0 Å². The fraction of sp³-hybridized carbons (Fsp3) is 0.375. The molecular formula is C16H21NO2S. The molecule has 1 heterocycles. The Morgan fingerprint density at radius 2 is 1.95 bits per heavy atom. The number of methoxy groups -OCH3 is 1. The van der Waals surface area contributed by atoms with Crippen LogP contribution in [0.4, 0.5) is 0 Å². The van der Waals surface area contributed by atoms with E-state index in [2.05, 4.69) is 24.6 Å². The summed E-state index contributed by atoms with van der Waals surface area (Å²) in [5.41, 5.74) is 1.16. The van der Waals surface area contributed by atoms with Gasteiger partial charge in [-0.05, 0) is 31.4 Å². The van der Waals surface area contributed by atoms with E-state index in [4.69, 9.17) is 9.15 Å². The molecule has 1 N–H and O–H groups in total. The zero-order chi connectivity index (χ0) is 14.4. The van der Waals surface area contributed by atoms with Crippen molar-refractivity contribution < 1.29 is 9.15 Å². The van der Waals surface area contributed by atoms with E-state index in [1.54, 1.807) is 18.9 Å². The van der Waals surface area contributed by atoms with E-state index in [-0.39, 0.29) is 6.04 Å². The van der Waals surface area contributed by atoms with Gasteiger partial charge in [-0.3, -0.25) is 0 Å². The smallest absolute Gasteiger partial charge is 0.123 e. The van der Waals surface area contributed by atoms with E-state index in [1.807, 2.05) is 30.3 Å². The predicted octanol–water partition coefficient (Wildman–Crippen LogP) is 4.00. The molecule has 2 aromatic rings. The Balaban J connectivity index is 1.95. The van der Waals surface area contributed by atoms with Gasteiger partial charge in [0, 0.05) is 11.6 Å². The minimum absolute atomic E-state index is 0.209. The zero-order valence-corrected chi connectivity index (χ0v) is 13.0. The lowest BCUT2D eigenvalue weighted by Gasteiger charge is -2.16. The lowest BCUT2D eigenvalue weighted by atomic mass is 10.1. The third-order valence-corrected chi connectivity index (χ3v) is 3.77. The largest absolute Gasteiger partial charge is 0.496 e.